The van der Waals surface area contributed by atoms with Gasteiger partial charge >= 0.3 is 0 Å². The summed E-state index contributed by atoms with van der Waals surface area (Å²) in [7, 11) is 1.62. The number of carbonyl (C=O) groups excluding carboxylic acids is 1. The molecule has 0 aliphatic rings. The number of rotatable bonds is 7. The van der Waals surface area contributed by atoms with Crippen LogP contribution in [0.25, 0.3) is 10.9 Å². The van der Waals surface area contributed by atoms with Gasteiger partial charge in [0.05, 0.1) is 29.8 Å². The highest BCUT2D eigenvalue weighted by Crippen LogP contribution is 2.27. The number of aromatic nitrogens is 2. The summed E-state index contributed by atoms with van der Waals surface area (Å²) in [6.45, 7) is 8.19. The molecular formula is C28H29N3O3S. The van der Waals surface area contributed by atoms with Crippen LogP contribution in [0.4, 0.5) is 5.69 Å². The van der Waals surface area contributed by atoms with Crippen molar-refractivity contribution >= 4 is 34.3 Å². The van der Waals surface area contributed by atoms with Crippen LogP contribution in [-0.4, -0.2) is 27.8 Å². The number of nitrogens with zero attached hydrogens (tertiary/aromatic N) is 2. The van der Waals surface area contributed by atoms with Gasteiger partial charge in [-0.2, -0.15) is 0 Å². The monoisotopic (exact) mass is 487 g/mol. The average Bonchev–Trinajstić information content (AvgIpc) is 2.84. The van der Waals surface area contributed by atoms with Crippen LogP contribution in [-0.2, 0) is 11.3 Å². The van der Waals surface area contributed by atoms with Crippen LogP contribution in [0.3, 0.4) is 0 Å². The first-order valence-electron chi connectivity index (χ1n) is 11.4. The molecule has 0 saturated heterocycles. The number of methoxy groups -OCH3 is 1. The summed E-state index contributed by atoms with van der Waals surface area (Å²) in [6.07, 6.45) is 0. The zero-order valence-electron chi connectivity index (χ0n) is 20.6. The summed E-state index contributed by atoms with van der Waals surface area (Å²) in [5.41, 5.74) is 5.45. The fourth-order valence-corrected chi connectivity index (χ4v) is 5.01. The van der Waals surface area contributed by atoms with Gasteiger partial charge < -0.3 is 10.1 Å². The molecule has 0 saturated carbocycles. The van der Waals surface area contributed by atoms with Gasteiger partial charge in [0.1, 0.15) is 5.75 Å². The first-order valence-corrected chi connectivity index (χ1v) is 12.3. The summed E-state index contributed by atoms with van der Waals surface area (Å²) < 4.78 is 6.89. The number of thioether (sulfide) groups is 1. The van der Waals surface area contributed by atoms with Crippen molar-refractivity contribution in [2.45, 2.75) is 44.6 Å². The Morgan fingerprint density at radius 3 is 2.37 bits per heavy atom. The van der Waals surface area contributed by atoms with E-state index in [2.05, 4.69) is 17.4 Å². The number of carbonyl (C=O) groups is 1. The number of ether oxygens (including phenoxy) is 1. The molecule has 1 unspecified atom stereocenters. The van der Waals surface area contributed by atoms with Gasteiger partial charge in [0.25, 0.3) is 5.56 Å². The molecule has 35 heavy (non-hydrogen) atoms. The van der Waals surface area contributed by atoms with Crippen molar-refractivity contribution in [3.8, 4) is 5.75 Å². The van der Waals surface area contributed by atoms with Gasteiger partial charge in [-0.05, 0) is 68.7 Å². The molecule has 0 bridgehead atoms. The maximum Gasteiger partial charge on any atom is 0.262 e. The number of hydrogen-bond acceptors (Lipinski definition) is 5. The van der Waals surface area contributed by atoms with Crippen molar-refractivity contribution in [3.63, 3.8) is 0 Å². The SMILES string of the molecule is COc1ccc(Cn2c(SC(C)C(=O)Nc3c(C)cc(C)cc3C)nc3ccccc3c2=O)cc1. The second-order valence-electron chi connectivity index (χ2n) is 8.67. The summed E-state index contributed by atoms with van der Waals surface area (Å²) in [4.78, 5) is 31.3. The molecule has 0 aliphatic heterocycles. The lowest BCUT2D eigenvalue weighted by molar-refractivity contribution is -0.115. The molecule has 1 atom stereocenters. The normalized spacial score (nSPS) is 11.9. The number of aryl methyl sites for hydroxylation is 3. The minimum atomic E-state index is -0.467. The molecule has 7 heteroatoms. The third kappa shape index (κ3) is 5.41. The van der Waals surface area contributed by atoms with Crippen molar-refractivity contribution < 1.29 is 9.53 Å². The largest absolute Gasteiger partial charge is 0.497 e. The summed E-state index contributed by atoms with van der Waals surface area (Å²) in [6, 6.07) is 19.0. The zero-order chi connectivity index (χ0) is 25.1. The predicted molar refractivity (Wildman–Crippen MR) is 143 cm³/mol. The number of anilines is 1. The van der Waals surface area contributed by atoms with E-state index in [4.69, 9.17) is 9.72 Å². The molecular weight excluding hydrogens is 458 g/mol. The molecule has 6 nitrogen and oxygen atoms in total. The van der Waals surface area contributed by atoms with E-state index in [1.807, 2.05) is 70.2 Å². The Morgan fingerprint density at radius 1 is 1.06 bits per heavy atom. The Balaban J connectivity index is 1.66. The second-order valence-corrected chi connectivity index (χ2v) is 9.98. The van der Waals surface area contributed by atoms with Crippen LogP contribution in [0.2, 0.25) is 0 Å². The van der Waals surface area contributed by atoms with E-state index in [1.165, 1.54) is 11.8 Å². The number of amides is 1. The molecule has 180 valence electrons. The minimum Gasteiger partial charge on any atom is -0.497 e. The molecule has 1 heterocycles. The van der Waals surface area contributed by atoms with Crippen molar-refractivity contribution in [3.05, 3.63) is 93.3 Å². The highest BCUT2D eigenvalue weighted by molar-refractivity contribution is 8.00. The first-order chi connectivity index (χ1) is 16.8. The van der Waals surface area contributed by atoms with E-state index in [0.717, 1.165) is 33.7 Å². The van der Waals surface area contributed by atoms with E-state index >= 15 is 0 Å². The van der Waals surface area contributed by atoms with Crippen LogP contribution in [0.1, 0.15) is 29.2 Å². The lowest BCUT2D eigenvalue weighted by Crippen LogP contribution is -2.27. The summed E-state index contributed by atoms with van der Waals surface area (Å²) >= 11 is 1.28. The van der Waals surface area contributed by atoms with Crippen LogP contribution >= 0.6 is 11.8 Å². The van der Waals surface area contributed by atoms with Gasteiger partial charge in [0.2, 0.25) is 5.91 Å². The van der Waals surface area contributed by atoms with E-state index in [0.29, 0.717) is 22.6 Å². The molecule has 0 radical (unpaired) electrons. The van der Waals surface area contributed by atoms with Crippen molar-refractivity contribution in [2.24, 2.45) is 0 Å². The Labute approximate surface area is 209 Å². The zero-order valence-corrected chi connectivity index (χ0v) is 21.4. The standard InChI is InChI=1S/C28H29N3O3S/c1-17-14-18(2)25(19(3)15-17)30-26(32)20(4)35-28-29-24-9-7-6-8-23(24)27(33)31(28)16-21-10-12-22(34-5)13-11-21/h6-15,20H,16H2,1-5H3,(H,30,32). The second kappa shape index (κ2) is 10.4. The van der Waals surface area contributed by atoms with Crippen LogP contribution in [0.5, 0.6) is 5.75 Å². The van der Waals surface area contributed by atoms with Gasteiger partial charge in [-0.1, -0.05) is 53.7 Å². The van der Waals surface area contributed by atoms with Gasteiger partial charge in [-0.3, -0.25) is 14.2 Å². The smallest absolute Gasteiger partial charge is 0.262 e. The molecule has 1 aromatic heterocycles. The maximum absolute atomic E-state index is 13.4. The van der Waals surface area contributed by atoms with Crippen LogP contribution < -0.4 is 15.6 Å². The predicted octanol–water partition coefficient (Wildman–Crippen LogP) is 5.50. The average molecular weight is 488 g/mol. The lowest BCUT2D eigenvalue weighted by Gasteiger charge is -2.18. The number of para-hydroxylation sites is 1. The maximum atomic E-state index is 13.4. The van der Waals surface area contributed by atoms with Gasteiger partial charge in [0.15, 0.2) is 5.16 Å². The lowest BCUT2D eigenvalue weighted by atomic mass is 10.1. The van der Waals surface area contributed by atoms with E-state index in [1.54, 1.807) is 17.7 Å². The van der Waals surface area contributed by atoms with Gasteiger partial charge in [-0.15, -0.1) is 0 Å². The van der Waals surface area contributed by atoms with Gasteiger partial charge in [0, 0.05) is 5.69 Å². The van der Waals surface area contributed by atoms with E-state index < -0.39 is 5.25 Å². The quantitative estimate of drug-likeness (QED) is 0.275. The van der Waals surface area contributed by atoms with E-state index in [9.17, 15) is 9.59 Å². The fraction of sp³-hybridized carbons (Fsp3) is 0.250. The van der Waals surface area contributed by atoms with Crippen molar-refractivity contribution in [1.82, 2.24) is 9.55 Å². The molecule has 1 amide bonds. The molecule has 1 N–H and O–H groups in total. The molecule has 3 aromatic carbocycles. The third-order valence-corrected chi connectivity index (χ3v) is 6.99. The highest BCUT2D eigenvalue weighted by atomic mass is 32.2. The van der Waals surface area contributed by atoms with Crippen molar-refractivity contribution in [2.75, 3.05) is 12.4 Å². The van der Waals surface area contributed by atoms with Gasteiger partial charge in [-0.25, -0.2) is 4.98 Å². The fourth-order valence-electron chi connectivity index (χ4n) is 4.10. The number of hydrogen-bond donors (Lipinski definition) is 1. The molecule has 0 spiro atoms. The Hall–Kier alpha value is -3.58. The first kappa shape index (κ1) is 24.5. The Bertz CT molecular complexity index is 1420. The molecule has 4 aromatic rings. The highest BCUT2D eigenvalue weighted by Gasteiger charge is 2.21. The Morgan fingerprint density at radius 2 is 1.71 bits per heavy atom. The van der Waals surface area contributed by atoms with Crippen LogP contribution in [0, 0.1) is 20.8 Å². The summed E-state index contributed by atoms with van der Waals surface area (Å²) in [5, 5.41) is 3.66. The Kier molecular flexibility index (Phi) is 7.26. The molecule has 0 fully saturated rings. The molecule has 0 aliphatic carbocycles. The minimum absolute atomic E-state index is 0.133. The number of nitrogens with one attached hydrogen (secondary N) is 1. The number of fused-ring (bicyclic) bond motifs is 1. The van der Waals surface area contributed by atoms with Crippen LogP contribution in [0.15, 0.2) is 70.6 Å². The van der Waals surface area contributed by atoms with Crippen molar-refractivity contribution in [1.29, 1.82) is 0 Å². The topological polar surface area (TPSA) is 73.2 Å². The third-order valence-electron chi connectivity index (χ3n) is 5.90. The van der Waals surface area contributed by atoms with E-state index in [-0.39, 0.29) is 11.5 Å². The molecule has 4 rings (SSSR count). The number of benzene rings is 3. The summed E-state index contributed by atoms with van der Waals surface area (Å²) in [5.74, 6) is 0.614.